The molecule has 0 radical (unpaired) electrons. The Bertz CT molecular complexity index is 1610. The van der Waals surface area contributed by atoms with Crippen LogP contribution in [-0.2, 0) is 19.6 Å². The summed E-state index contributed by atoms with van der Waals surface area (Å²) < 4.78 is 7.15. The summed E-state index contributed by atoms with van der Waals surface area (Å²) in [6.07, 6.45) is 0.777. The van der Waals surface area contributed by atoms with E-state index in [1.165, 1.54) is 11.1 Å². The first-order valence-electron chi connectivity index (χ1n) is 13.2. The number of fused-ring (bicyclic) bond motifs is 1. The van der Waals surface area contributed by atoms with Crippen molar-refractivity contribution in [1.29, 1.82) is 0 Å². The fraction of sp³-hybridized carbons (Fsp3) is 0.290. The van der Waals surface area contributed by atoms with E-state index in [0.717, 1.165) is 40.0 Å². The molecule has 0 fully saturated rings. The third-order valence-corrected chi connectivity index (χ3v) is 7.22. The number of methoxy groups -OCH3 is 1. The van der Waals surface area contributed by atoms with Gasteiger partial charge in [0.1, 0.15) is 5.75 Å². The summed E-state index contributed by atoms with van der Waals surface area (Å²) in [5.41, 5.74) is 6.03. The molecule has 2 aromatic heterocycles. The van der Waals surface area contributed by atoms with Gasteiger partial charge in [-0.25, -0.2) is 4.68 Å². The van der Waals surface area contributed by atoms with Crippen LogP contribution in [0.25, 0.3) is 10.9 Å². The zero-order valence-electron chi connectivity index (χ0n) is 22.9. The van der Waals surface area contributed by atoms with Gasteiger partial charge in [-0.3, -0.25) is 9.69 Å². The first-order chi connectivity index (χ1) is 18.9. The lowest BCUT2D eigenvalue weighted by atomic mass is 10.1. The molecule has 0 aliphatic heterocycles. The van der Waals surface area contributed by atoms with E-state index in [9.17, 15) is 4.79 Å². The smallest absolute Gasteiger partial charge is 0.252 e. The van der Waals surface area contributed by atoms with E-state index in [4.69, 9.17) is 4.74 Å². The number of hydrogen-bond donors (Lipinski definition) is 1. The molecule has 0 amide bonds. The van der Waals surface area contributed by atoms with Crippen molar-refractivity contribution >= 4 is 10.9 Å². The molecular formula is C31H34N6O2. The monoisotopic (exact) mass is 522 g/mol. The SMILES string of the molecule is CCC(c1nnnn1Cc1ccc(OC)cc1)N(Cc1ccc(C)cc1)Cc1cc2cccc(C)c2[nH]c1=O. The van der Waals surface area contributed by atoms with E-state index in [-0.39, 0.29) is 11.6 Å². The Labute approximate surface area is 228 Å². The van der Waals surface area contributed by atoms with Crippen molar-refractivity contribution in [3.63, 3.8) is 0 Å². The average Bonchev–Trinajstić information content (AvgIpc) is 3.39. The van der Waals surface area contributed by atoms with Gasteiger partial charge in [-0.05, 0) is 71.0 Å². The van der Waals surface area contributed by atoms with Gasteiger partial charge in [0, 0.05) is 18.7 Å². The minimum atomic E-state index is -0.104. The van der Waals surface area contributed by atoms with Crippen LogP contribution in [0.3, 0.4) is 0 Å². The highest BCUT2D eigenvalue weighted by Gasteiger charge is 2.26. The zero-order chi connectivity index (χ0) is 27.4. The summed E-state index contributed by atoms with van der Waals surface area (Å²) in [4.78, 5) is 18.6. The van der Waals surface area contributed by atoms with Crippen molar-refractivity contribution in [3.05, 3.63) is 117 Å². The van der Waals surface area contributed by atoms with Gasteiger partial charge in [-0.1, -0.05) is 67.1 Å². The third kappa shape index (κ3) is 5.91. The molecule has 1 unspecified atom stereocenters. The van der Waals surface area contributed by atoms with Crippen molar-refractivity contribution in [3.8, 4) is 5.75 Å². The highest BCUT2D eigenvalue weighted by molar-refractivity contribution is 5.81. The lowest BCUT2D eigenvalue weighted by molar-refractivity contribution is 0.161. The number of pyridine rings is 1. The number of ether oxygens (including phenoxy) is 1. The molecule has 0 saturated carbocycles. The maximum Gasteiger partial charge on any atom is 0.252 e. The Morgan fingerprint density at radius 2 is 1.72 bits per heavy atom. The maximum atomic E-state index is 13.2. The van der Waals surface area contributed by atoms with Crippen LogP contribution in [-0.4, -0.2) is 37.2 Å². The van der Waals surface area contributed by atoms with Gasteiger partial charge in [0.05, 0.1) is 25.2 Å². The van der Waals surface area contributed by atoms with E-state index in [1.807, 2.05) is 60.1 Å². The molecule has 2 heterocycles. The predicted octanol–water partition coefficient (Wildman–Crippen LogP) is 5.34. The molecular weight excluding hydrogens is 488 g/mol. The van der Waals surface area contributed by atoms with Gasteiger partial charge in [0.15, 0.2) is 5.82 Å². The minimum Gasteiger partial charge on any atom is -0.497 e. The maximum absolute atomic E-state index is 13.2. The molecule has 5 rings (SSSR count). The second kappa shape index (κ2) is 11.6. The molecule has 0 bridgehead atoms. The van der Waals surface area contributed by atoms with Crippen LogP contribution < -0.4 is 10.3 Å². The second-order valence-corrected chi connectivity index (χ2v) is 10.0. The quantitative estimate of drug-likeness (QED) is 0.266. The van der Waals surface area contributed by atoms with Crippen LogP contribution in [0, 0.1) is 13.8 Å². The van der Waals surface area contributed by atoms with Gasteiger partial charge in [0.25, 0.3) is 5.56 Å². The number of benzene rings is 3. The molecule has 1 N–H and O–H groups in total. The molecule has 0 aliphatic carbocycles. The predicted molar refractivity (Wildman–Crippen MR) is 153 cm³/mol. The van der Waals surface area contributed by atoms with Gasteiger partial charge in [0.2, 0.25) is 0 Å². The summed E-state index contributed by atoms with van der Waals surface area (Å²) in [7, 11) is 1.66. The van der Waals surface area contributed by atoms with E-state index >= 15 is 0 Å². The van der Waals surface area contributed by atoms with Crippen molar-refractivity contribution in [1.82, 2.24) is 30.1 Å². The number of tetrazole rings is 1. The van der Waals surface area contributed by atoms with E-state index in [0.29, 0.717) is 25.2 Å². The van der Waals surface area contributed by atoms with Crippen LogP contribution in [0.2, 0.25) is 0 Å². The summed E-state index contributed by atoms with van der Waals surface area (Å²) in [5, 5.41) is 13.9. The number of aromatic amines is 1. The highest BCUT2D eigenvalue weighted by Crippen LogP contribution is 2.27. The second-order valence-electron chi connectivity index (χ2n) is 10.0. The number of hydrogen-bond acceptors (Lipinski definition) is 6. The molecule has 3 aromatic carbocycles. The number of para-hydroxylation sites is 1. The van der Waals surface area contributed by atoms with Crippen LogP contribution >= 0.6 is 0 Å². The summed E-state index contributed by atoms with van der Waals surface area (Å²) >= 11 is 0. The molecule has 200 valence electrons. The number of nitrogens with one attached hydrogen (secondary N) is 1. The van der Waals surface area contributed by atoms with Crippen LogP contribution in [0.5, 0.6) is 5.75 Å². The Morgan fingerprint density at radius 3 is 2.44 bits per heavy atom. The Balaban J connectivity index is 1.50. The topological polar surface area (TPSA) is 88.9 Å². The van der Waals surface area contributed by atoms with Crippen molar-refractivity contribution in [2.45, 2.75) is 52.9 Å². The van der Waals surface area contributed by atoms with Gasteiger partial charge < -0.3 is 9.72 Å². The number of H-pyrrole nitrogens is 1. The fourth-order valence-electron chi connectivity index (χ4n) is 5.04. The molecule has 0 spiro atoms. The first kappa shape index (κ1) is 26.3. The lowest BCUT2D eigenvalue weighted by Crippen LogP contribution is -2.32. The number of nitrogens with zero attached hydrogens (tertiary/aromatic N) is 5. The van der Waals surface area contributed by atoms with E-state index < -0.39 is 0 Å². The normalized spacial score (nSPS) is 12.2. The Kier molecular flexibility index (Phi) is 7.84. The van der Waals surface area contributed by atoms with Gasteiger partial charge >= 0.3 is 0 Å². The molecule has 39 heavy (non-hydrogen) atoms. The molecule has 0 saturated heterocycles. The Morgan fingerprint density at radius 1 is 0.974 bits per heavy atom. The largest absolute Gasteiger partial charge is 0.497 e. The van der Waals surface area contributed by atoms with Gasteiger partial charge in [-0.15, -0.1) is 5.10 Å². The van der Waals surface area contributed by atoms with E-state index in [2.05, 4.69) is 63.5 Å². The van der Waals surface area contributed by atoms with Crippen molar-refractivity contribution < 1.29 is 4.74 Å². The van der Waals surface area contributed by atoms with Crippen molar-refractivity contribution in [2.24, 2.45) is 0 Å². The van der Waals surface area contributed by atoms with Crippen LogP contribution in [0.4, 0.5) is 0 Å². The fourth-order valence-corrected chi connectivity index (χ4v) is 5.04. The summed E-state index contributed by atoms with van der Waals surface area (Å²) in [6, 6.07) is 24.4. The minimum absolute atomic E-state index is 0.0709. The zero-order valence-corrected chi connectivity index (χ0v) is 22.9. The third-order valence-electron chi connectivity index (χ3n) is 7.22. The van der Waals surface area contributed by atoms with E-state index in [1.54, 1.807) is 7.11 Å². The Hall–Kier alpha value is -4.30. The van der Waals surface area contributed by atoms with Gasteiger partial charge in [-0.2, -0.15) is 0 Å². The number of aryl methyl sites for hydroxylation is 2. The number of aromatic nitrogens is 5. The first-order valence-corrected chi connectivity index (χ1v) is 13.2. The summed E-state index contributed by atoms with van der Waals surface area (Å²) in [6.45, 7) is 7.88. The van der Waals surface area contributed by atoms with Crippen LogP contribution in [0.1, 0.15) is 53.0 Å². The van der Waals surface area contributed by atoms with Crippen molar-refractivity contribution in [2.75, 3.05) is 7.11 Å². The lowest BCUT2D eigenvalue weighted by Gasteiger charge is -2.30. The molecule has 8 nitrogen and oxygen atoms in total. The summed E-state index contributed by atoms with van der Waals surface area (Å²) in [5.74, 6) is 1.58. The molecule has 1 atom stereocenters. The molecule has 5 aromatic rings. The standard InChI is InChI=1S/C31H34N6O2/c1-5-28(30-33-34-35-37(30)19-24-13-15-27(39-4)16-14-24)36(18-23-11-9-21(2)10-12-23)20-26-17-25-8-6-7-22(3)29(25)32-31(26)38/h6-17,28H,5,18-20H2,1-4H3,(H,32,38). The number of rotatable bonds is 10. The highest BCUT2D eigenvalue weighted by atomic mass is 16.5. The molecule has 8 heteroatoms. The van der Waals surface area contributed by atoms with Crippen LogP contribution in [0.15, 0.2) is 77.6 Å². The average molecular weight is 523 g/mol. The molecule has 0 aliphatic rings.